The number of nitrogens with one attached hydrogen (secondary N) is 1. The van der Waals surface area contributed by atoms with Gasteiger partial charge in [-0.2, -0.15) is 0 Å². The van der Waals surface area contributed by atoms with Gasteiger partial charge in [0.1, 0.15) is 11.6 Å². The number of hydrogen-bond acceptors (Lipinski definition) is 4. The average molecular weight is 196 g/mol. The molecule has 0 bridgehead atoms. The Morgan fingerprint density at radius 2 is 2.36 bits per heavy atom. The molecule has 5 nitrogen and oxygen atoms in total. The Labute approximate surface area is 83.0 Å². The summed E-state index contributed by atoms with van der Waals surface area (Å²) in [6, 6.07) is 1.49. The molecule has 0 spiro atoms. The first-order valence-electron chi connectivity index (χ1n) is 4.62. The summed E-state index contributed by atoms with van der Waals surface area (Å²) in [7, 11) is 1.90. The lowest BCUT2D eigenvalue weighted by Gasteiger charge is -2.17. The minimum Gasteiger partial charge on any atom is -0.359 e. The summed E-state index contributed by atoms with van der Waals surface area (Å²) in [5.74, 6) is 1.33. The Balaban J connectivity index is 2.79. The number of aryl methyl sites for hydroxylation is 1. The number of nitrogens with two attached hydrogens (primary N) is 1. The van der Waals surface area contributed by atoms with Gasteiger partial charge in [-0.3, -0.25) is 4.79 Å². The summed E-state index contributed by atoms with van der Waals surface area (Å²) >= 11 is 0. The Bertz CT molecular complexity index is 347. The van der Waals surface area contributed by atoms with E-state index in [0.29, 0.717) is 18.2 Å². The van der Waals surface area contributed by atoms with Gasteiger partial charge in [0, 0.05) is 19.7 Å². The number of rotatable bonds is 4. The molecule has 0 aliphatic rings. The van der Waals surface area contributed by atoms with Crippen LogP contribution < -0.4 is 16.2 Å². The zero-order valence-electron chi connectivity index (χ0n) is 8.58. The van der Waals surface area contributed by atoms with Gasteiger partial charge in [-0.1, -0.05) is 0 Å². The zero-order chi connectivity index (χ0) is 10.6. The standard InChI is InChI=1S/C9H16N4O/c1-7-11-8(6-9(14)12-7)13(2)5-3-4-10/h6H,3-5,10H2,1-2H3,(H,11,12,14). The minimum absolute atomic E-state index is 0.118. The fourth-order valence-corrected chi connectivity index (χ4v) is 1.20. The van der Waals surface area contributed by atoms with Gasteiger partial charge in [0.15, 0.2) is 0 Å². The molecule has 0 radical (unpaired) electrons. The molecule has 1 aromatic heterocycles. The van der Waals surface area contributed by atoms with Crippen molar-refractivity contribution in [1.82, 2.24) is 9.97 Å². The van der Waals surface area contributed by atoms with E-state index in [1.807, 2.05) is 11.9 Å². The second kappa shape index (κ2) is 4.76. The van der Waals surface area contributed by atoms with E-state index in [2.05, 4.69) is 9.97 Å². The van der Waals surface area contributed by atoms with Gasteiger partial charge < -0.3 is 15.6 Å². The number of hydrogen-bond donors (Lipinski definition) is 2. The molecular weight excluding hydrogens is 180 g/mol. The van der Waals surface area contributed by atoms with Crippen molar-refractivity contribution in [3.05, 3.63) is 22.2 Å². The number of H-pyrrole nitrogens is 1. The third kappa shape index (κ3) is 2.85. The molecule has 0 fully saturated rings. The molecular formula is C9H16N4O. The van der Waals surface area contributed by atoms with E-state index in [-0.39, 0.29) is 5.56 Å². The highest BCUT2D eigenvalue weighted by Crippen LogP contribution is 2.04. The summed E-state index contributed by atoms with van der Waals surface area (Å²) in [6.07, 6.45) is 0.893. The van der Waals surface area contributed by atoms with Crippen LogP contribution in [-0.4, -0.2) is 30.1 Å². The molecule has 5 heteroatoms. The molecule has 0 aliphatic heterocycles. The first kappa shape index (κ1) is 10.7. The van der Waals surface area contributed by atoms with Crippen LogP contribution in [0.15, 0.2) is 10.9 Å². The van der Waals surface area contributed by atoms with E-state index in [4.69, 9.17) is 5.73 Å². The maximum Gasteiger partial charge on any atom is 0.252 e. The van der Waals surface area contributed by atoms with Crippen molar-refractivity contribution in [2.75, 3.05) is 25.0 Å². The van der Waals surface area contributed by atoms with Crippen molar-refractivity contribution in [2.45, 2.75) is 13.3 Å². The van der Waals surface area contributed by atoms with Crippen LogP contribution in [0.5, 0.6) is 0 Å². The highest BCUT2D eigenvalue weighted by molar-refractivity contribution is 5.35. The number of aromatic nitrogens is 2. The first-order chi connectivity index (χ1) is 6.63. The predicted molar refractivity (Wildman–Crippen MR) is 56.5 cm³/mol. The summed E-state index contributed by atoms with van der Waals surface area (Å²) in [6.45, 7) is 3.22. The summed E-state index contributed by atoms with van der Waals surface area (Å²) < 4.78 is 0. The van der Waals surface area contributed by atoms with Crippen LogP contribution in [0.3, 0.4) is 0 Å². The van der Waals surface area contributed by atoms with Gasteiger partial charge in [-0.25, -0.2) is 4.98 Å². The fraction of sp³-hybridized carbons (Fsp3) is 0.556. The molecule has 78 valence electrons. The monoisotopic (exact) mass is 196 g/mol. The molecule has 0 atom stereocenters. The van der Waals surface area contributed by atoms with Crippen LogP contribution in [-0.2, 0) is 0 Å². The quantitative estimate of drug-likeness (QED) is 0.703. The van der Waals surface area contributed by atoms with Gasteiger partial charge >= 0.3 is 0 Å². The second-order valence-corrected chi connectivity index (χ2v) is 3.25. The number of aromatic amines is 1. The maximum absolute atomic E-state index is 11.1. The highest BCUT2D eigenvalue weighted by Gasteiger charge is 2.03. The molecule has 0 aromatic carbocycles. The van der Waals surface area contributed by atoms with E-state index >= 15 is 0 Å². The lowest BCUT2D eigenvalue weighted by molar-refractivity contribution is 0.781. The van der Waals surface area contributed by atoms with E-state index < -0.39 is 0 Å². The molecule has 1 heterocycles. The topological polar surface area (TPSA) is 75.0 Å². The number of anilines is 1. The van der Waals surface area contributed by atoms with E-state index in [9.17, 15) is 4.79 Å². The molecule has 14 heavy (non-hydrogen) atoms. The maximum atomic E-state index is 11.1. The molecule has 0 saturated carbocycles. The minimum atomic E-state index is -0.118. The third-order valence-corrected chi connectivity index (χ3v) is 1.94. The Morgan fingerprint density at radius 1 is 1.64 bits per heavy atom. The smallest absolute Gasteiger partial charge is 0.252 e. The van der Waals surface area contributed by atoms with Gasteiger partial charge in [0.2, 0.25) is 0 Å². The average Bonchev–Trinajstić information content (AvgIpc) is 2.12. The van der Waals surface area contributed by atoms with E-state index in [0.717, 1.165) is 13.0 Å². The highest BCUT2D eigenvalue weighted by atomic mass is 16.1. The Morgan fingerprint density at radius 3 is 2.93 bits per heavy atom. The van der Waals surface area contributed by atoms with Gasteiger partial charge in [-0.15, -0.1) is 0 Å². The first-order valence-corrected chi connectivity index (χ1v) is 4.62. The van der Waals surface area contributed by atoms with Crippen LogP contribution in [0.2, 0.25) is 0 Å². The SMILES string of the molecule is Cc1nc(N(C)CCCN)cc(=O)[nH]1. The van der Waals surface area contributed by atoms with Crippen LogP contribution in [0.4, 0.5) is 5.82 Å². The summed E-state index contributed by atoms with van der Waals surface area (Å²) in [5, 5.41) is 0. The van der Waals surface area contributed by atoms with E-state index in [1.54, 1.807) is 6.92 Å². The zero-order valence-corrected chi connectivity index (χ0v) is 8.58. The molecule has 0 amide bonds. The van der Waals surface area contributed by atoms with Gasteiger partial charge in [0.25, 0.3) is 5.56 Å². The van der Waals surface area contributed by atoms with Crippen LogP contribution in [0, 0.1) is 6.92 Å². The molecule has 0 aliphatic carbocycles. The molecule has 0 unspecified atom stereocenters. The van der Waals surface area contributed by atoms with Crippen molar-refractivity contribution >= 4 is 5.82 Å². The van der Waals surface area contributed by atoms with Crippen LogP contribution in [0.1, 0.15) is 12.2 Å². The Hall–Kier alpha value is -1.36. The van der Waals surface area contributed by atoms with Gasteiger partial charge in [0.05, 0.1) is 0 Å². The normalized spacial score (nSPS) is 10.2. The lowest BCUT2D eigenvalue weighted by atomic mass is 10.4. The van der Waals surface area contributed by atoms with Crippen LogP contribution in [0.25, 0.3) is 0 Å². The predicted octanol–water partition coefficient (Wildman–Crippen LogP) is -0.137. The summed E-state index contributed by atoms with van der Waals surface area (Å²) in [4.78, 5) is 19.9. The summed E-state index contributed by atoms with van der Waals surface area (Å²) in [5.41, 5.74) is 5.28. The number of nitrogens with zero attached hydrogens (tertiary/aromatic N) is 2. The van der Waals surface area contributed by atoms with Crippen molar-refractivity contribution in [3.63, 3.8) is 0 Å². The van der Waals surface area contributed by atoms with Crippen molar-refractivity contribution < 1.29 is 0 Å². The van der Waals surface area contributed by atoms with Crippen molar-refractivity contribution in [1.29, 1.82) is 0 Å². The fourth-order valence-electron chi connectivity index (χ4n) is 1.20. The largest absolute Gasteiger partial charge is 0.359 e. The second-order valence-electron chi connectivity index (χ2n) is 3.25. The van der Waals surface area contributed by atoms with Crippen molar-refractivity contribution in [2.24, 2.45) is 5.73 Å². The molecule has 1 rings (SSSR count). The molecule has 0 saturated heterocycles. The van der Waals surface area contributed by atoms with Gasteiger partial charge in [-0.05, 0) is 19.9 Å². The lowest BCUT2D eigenvalue weighted by Crippen LogP contribution is -2.24. The van der Waals surface area contributed by atoms with Crippen molar-refractivity contribution in [3.8, 4) is 0 Å². The van der Waals surface area contributed by atoms with E-state index in [1.165, 1.54) is 6.07 Å². The third-order valence-electron chi connectivity index (χ3n) is 1.94. The molecule has 3 N–H and O–H groups in total. The molecule has 1 aromatic rings. The van der Waals surface area contributed by atoms with Crippen LogP contribution >= 0.6 is 0 Å². The Kier molecular flexibility index (Phi) is 3.64.